The first-order valence-electron chi connectivity index (χ1n) is 5.98. The van der Waals surface area contributed by atoms with E-state index in [1.807, 2.05) is 18.3 Å². The second kappa shape index (κ2) is 4.78. The van der Waals surface area contributed by atoms with Gasteiger partial charge < -0.3 is 5.11 Å². The van der Waals surface area contributed by atoms with Gasteiger partial charge >= 0.3 is 5.97 Å². The number of carboxylic acids is 1. The van der Waals surface area contributed by atoms with E-state index in [0.717, 1.165) is 19.6 Å². The number of hydrogen-bond acceptors (Lipinski definition) is 3. The number of aliphatic carboxylic acids is 1. The van der Waals surface area contributed by atoms with Crippen LogP contribution in [-0.2, 0) is 11.3 Å². The smallest absolute Gasteiger partial charge is 0.306 e. The third-order valence-corrected chi connectivity index (χ3v) is 4.63. The number of nitrogens with zero attached hydrogens (tertiary/aromatic N) is 1. The van der Waals surface area contributed by atoms with Crippen molar-refractivity contribution < 1.29 is 9.90 Å². The number of likely N-dealkylation sites (tertiary alicyclic amines) is 1. The van der Waals surface area contributed by atoms with Crippen molar-refractivity contribution in [3.8, 4) is 0 Å². The Morgan fingerprint density at radius 1 is 1.59 bits per heavy atom. The summed E-state index contributed by atoms with van der Waals surface area (Å²) in [5.74, 6) is -0.554. The summed E-state index contributed by atoms with van der Waals surface area (Å²) in [5, 5.41) is 8.92. The van der Waals surface area contributed by atoms with Crippen molar-refractivity contribution in [1.29, 1.82) is 0 Å². The Balaban J connectivity index is 1.85. The molecule has 0 saturated carbocycles. The Labute approximate surface area is 106 Å². The molecule has 94 valence electrons. The minimum absolute atomic E-state index is 0.212. The van der Waals surface area contributed by atoms with Gasteiger partial charge in [-0.25, -0.2) is 0 Å². The molecule has 3 nitrogen and oxygen atoms in total. The van der Waals surface area contributed by atoms with Crippen LogP contribution in [0.1, 0.15) is 22.2 Å². The third-order valence-electron chi connectivity index (χ3n) is 3.62. The van der Waals surface area contributed by atoms with Crippen LogP contribution < -0.4 is 0 Å². The maximum absolute atomic E-state index is 10.8. The zero-order valence-corrected chi connectivity index (χ0v) is 11.4. The number of thiophene rings is 1. The normalized spacial score (nSPS) is 19.0. The van der Waals surface area contributed by atoms with Gasteiger partial charge in [-0.1, -0.05) is 6.92 Å². The number of carboxylic acid groups (broad SMARTS) is 1. The molecule has 1 unspecified atom stereocenters. The Morgan fingerprint density at radius 2 is 2.24 bits per heavy atom. The monoisotopic (exact) mass is 253 g/mol. The average Bonchev–Trinajstić information content (AvgIpc) is 2.49. The van der Waals surface area contributed by atoms with Crippen molar-refractivity contribution in [2.45, 2.75) is 27.3 Å². The van der Waals surface area contributed by atoms with Gasteiger partial charge in [0.15, 0.2) is 0 Å². The minimum atomic E-state index is -0.669. The first-order chi connectivity index (χ1) is 7.97. The van der Waals surface area contributed by atoms with Gasteiger partial charge in [0.05, 0.1) is 5.92 Å². The fourth-order valence-electron chi connectivity index (χ4n) is 2.34. The molecule has 0 bridgehead atoms. The Morgan fingerprint density at radius 3 is 2.71 bits per heavy atom. The molecule has 0 spiro atoms. The van der Waals surface area contributed by atoms with Gasteiger partial charge in [0.2, 0.25) is 0 Å². The maximum atomic E-state index is 10.8. The second-order valence-electron chi connectivity index (χ2n) is 5.02. The van der Waals surface area contributed by atoms with Crippen LogP contribution >= 0.6 is 11.3 Å². The quantitative estimate of drug-likeness (QED) is 0.896. The molecule has 1 N–H and O–H groups in total. The highest BCUT2D eigenvalue weighted by Crippen LogP contribution is 2.28. The fourth-order valence-corrected chi connectivity index (χ4v) is 3.28. The molecule has 0 aromatic carbocycles. The van der Waals surface area contributed by atoms with Gasteiger partial charge in [-0.15, -0.1) is 11.3 Å². The summed E-state index contributed by atoms with van der Waals surface area (Å²) in [7, 11) is 0. The molecule has 1 fully saturated rings. The highest BCUT2D eigenvalue weighted by Gasteiger charge is 2.34. The first kappa shape index (κ1) is 12.6. The zero-order valence-electron chi connectivity index (χ0n) is 10.6. The molecule has 4 heteroatoms. The Kier molecular flexibility index (Phi) is 3.54. The van der Waals surface area contributed by atoms with E-state index in [0.29, 0.717) is 5.92 Å². The molecule has 0 radical (unpaired) electrons. The van der Waals surface area contributed by atoms with Crippen molar-refractivity contribution in [2.24, 2.45) is 11.8 Å². The van der Waals surface area contributed by atoms with Crippen molar-refractivity contribution >= 4 is 17.3 Å². The number of hydrogen-bond donors (Lipinski definition) is 1. The fraction of sp³-hybridized carbons (Fsp3) is 0.615. The molecule has 1 aromatic heterocycles. The lowest BCUT2D eigenvalue weighted by molar-refractivity contribution is -0.145. The summed E-state index contributed by atoms with van der Waals surface area (Å²) >= 11 is 1.84. The predicted molar refractivity (Wildman–Crippen MR) is 69.4 cm³/mol. The van der Waals surface area contributed by atoms with Crippen LogP contribution in [0.3, 0.4) is 0 Å². The standard InChI is InChI=1S/C13H19NO2S/c1-8-4-11(10(3)17-8)5-14-6-12(7-14)9(2)13(15)16/h4,9,12H,5-7H2,1-3H3,(H,15,16). The zero-order chi connectivity index (χ0) is 12.6. The molecule has 2 rings (SSSR count). The topological polar surface area (TPSA) is 40.5 Å². The summed E-state index contributed by atoms with van der Waals surface area (Å²) in [6.45, 7) is 8.91. The lowest BCUT2D eigenvalue weighted by Crippen LogP contribution is -2.50. The maximum Gasteiger partial charge on any atom is 0.306 e. The van der Waals surface area contributed by atoms with E-state index < -0.39 is 5.97 Å². The molecule has 1 aromatic rings. The number of carbonyl (C=O) groups is 1. The van der Waals surface area contributed by atoms with Crippen LogP contribution in [0.2, 0.25) is 0 Å². The lowest BCUT2D eigenvalue weighted by Gasteiger charge is -2.41. The molecule has 0 amide bonds. The van der Waals surface area contributed by atoms with E-state index in [9.17, 15) is 4.79 Å². The molecule has 1 aliphatic rings. The molecule has 1 saturated heterocycles. The van der Waals surface area contributed by atoms with E-state index in [1.165, 1.54) is 15.3 Å². The largest absolute Gasteiger partial charge is 0.481 e. The molecule has 0 aliphatic carbocycles. The van der Waals surface area contributed by atoms with Gasteiger partial charge in [0.1, 0.15) is 0 Å². The molecule has 1 aliphatic heterocycles. The van der Waals surface area contributed by atoms with Crippen LogP contribution in [0.15, 0.2) is 6.07 Å². The van der Waals surface area contributed by atoms with Gasteiger partial charge in [-0.05, 0) is 31.4 Å². The molecule has 1 atom stereocenters. The SMILES string of the molecule is Cc1cc(CN2CC(C(C)C(=O)O)C2)c(C)s1. The predicted octanol–water partition coefficient (Wildman–Crippen LogP) is 2.52. The van der Waals surface area contributed by atoms with Gasteiger partial charge in [-0.2, -0.15) is 0 Å². The minimum Gasteiger partial charge on any atom is -0.481 e. The molecule has 17 heavy (non-hydrogen) atoms. The van der Waals surface area contributed by atoms with Crippen LogP contribution in [0, 0.1) is 25.7 Å². The highest BCUT2D eigenvalue weighted by atomic mass is 32.1. The number of aryl methyl sites for hydroxylation is 2. The van der Waals surface area contributed by atoms with E-state index in [2.05, 4.69) is 24.8 Å². The van der Waals surface area contributed by atoms with Crippen LogP contribution in [0.5, 0.6) is 0 Å². The van der Waals surface area contributed by atoms with E-state index >= 15 is 0 Å². The summed E-state index contributed by atoms with van der Waals surface area (Å²) in [6, 6.07) is 2.24. The molecule has 2 heterocycles. The summed E-state index contributed by atoms with van der Waals surface area (Å²) < 4.78 is 0. The van der Waals surface area contributed by atoms with Crippen LogP contribution in [0.4, 0.5) is 0 Å². The van der Waals surface area contributed by atoms with E-state index in [4.69, 9.17) is 5.11 Å². The average molecular weight is 253 g/mol. The van der Waals surface area contributed by atoms with Crippen molar-refractivity contribution in [2.75, 3.05) is 13.1 Å². The summed E-state index contributed by atoms with van der Waals surface area (Å²) in [4.78, 5) is 15.9. The third kappa shape index (κ3) is 2.69. The van der Waals surface area contributed by atoms with Crippen molar-refractivity contribution in [3.05, 3.63) is 21.4 Å². The highest BCUT2D eigenvalue weighted by molar-refractivity contribution is 7.12. The van der Waals surface area contributed by atoms with E-state index in [1.54, 1.807) is 0 Å². The molecular weight excluding hydrogens is 234 g/mol. The van der Waals surface area contributed by atoms with Gasteiger partial charge in [0, 0.05) is 29.4 Å². The second-order valence-corrected chi connectivity index (χ2v) is 6.48. The first-order valence-corrected chi connectivity index (χ1v) is 6.80. The Bertz CT molecular complexity index is 421. The van der Waals surface area contributed by atoms with Gasteiger partial charge in [-0.3, -0.25) is 9.69 Å². The lowest BCUT2D eigenvalue weighted by atomic mass is 9.87. The van der Waals surface area contributed by atoms with E-state index in [-0.39, 0.29) is 5.92 Å². The van der Waals surface area contributed by atoms with Crippen LogP contribution in [-0.4, -0.2) is 29.1 Å². The Hall–Kier alpha value is -0.870. The van der Waals surface area contributed by atoms with Crippen molar-refractivity contribution in [3.63, 3.8) is 0 Å². The number of rotatable bonds is 4. The summed E-state index contributed by atoms with van der Waals surface area (Å²) in [6.07, 6.45) is 0. The van der Waals surface area contributed by atoms with Gasteiger partial charge in [0.25, 0.3) is 0 Å². The van der Waals surface area contributed by atoms with Crippen molar-refractivity contribution in [1.82, 2.24) is 4.90 Å². The van der Waals surface area contributed by atoms with Crippen LogP contribution in [0.25, 0.3) is 0 Å². The summed E-state index contributed by atoms with van der Waals surface area (Å²) in [5.41, 5.74) is 1.40. The molecular formula is C13H19NO2S.